The molecule has 2 heterocycles. The van der Waals surface area contributed by atoms with Gasteiger partial charge in [0.25, 0.3) is 0 Å². The zero-order valence-corrected chi connectivity index (χ0v) is 12.9. The van der Waals surface area contributed by atoms with Crippen molar-refractivity contribution in [2.24, 2.45) is 0 Å². The standard InChI is InChI=1S/C17H20N4O/c1-13(11-20-9-5-8-18-20)19-17(22)12-21-14(2)10-15-6-3-4-7-16(15)21/h3-10,13H,11-12H2,1-2H3,(H,19,22)/t13-/m0/s1. The Labute approximate surface area is 129 Å². The summed E-state index contributed by atoms with van der Waals surface area (Å²) in [5.41, 5.74) is 2.19. The number of nitrogens with zero attached hydrogens (tertiary/aromatic N) is 3. The molecule has 0 saturated heterocycles. The molecule has 0 unspecified atom stereocenters. The lowest BCUT2D eigenvalue weighted by atomic mass is 10.2. The fraction of sp³-hybridized carbons (Fsp3) is 0.294. The van der Waals surface area contributed by atoms with Crippen LogP contribution >= 0.6 is 0 Å². The van der Waals surface area contributed by atoms with Crippen LogP contribution in [0.15, 0.2) is 48.8 Å². The Balaban J connectivity index is 1.67. The van der Waals surface area contributed by atoms with Crippen molar-refractivity contribution in [2.75, 3.05) is 0 Å². The molecule has 1 aromatic carbocycles. The minimum atomic E-state index is 0.0177. The van der Waals surface area contributed by atoms with Crippen molar-refractivity contribution in [3.63, 3.8) is 0 Å². The SMILES string of the molecule is Cc1cc2ccccc2n1CC(=O)N[C@@H](C)Cn1cccn1. The minimum Gasteiger partial charge on any atom is -0.350 e. The zero-order valence-electron chi connectivity index (χ0n) is 12.9. The Morgan fingerprint density at radius 3 is 2.91 bits per heavy atom. The average molecular weight is 296 g/mol. The van der Waals surface area contributed by atoms with Crippen LogP contribution in [0.5, 0.6) is 0 Å². The van der Waals surface area contributed by atoms with E-state index < -0.39 is 0 Å². The lowest BCUT2D eigenvalue weighted by Crippen LogP contribution is -2.37. The van der Waals surface area contributed by atoms with Gasteiger partial charge in [0.2, 0.25) is 5.91 Å². The highest BCUT2D eigenvalue weighted by molar-refractivity contribution is 5.84. The van der Waals surface area contributed by atoms with Crippen LogP contribution in [0.3, 0.4) is 0 Å². The molecule has 0 aliphatic rings. The molecule has 0 fully saturated rings. The number of para-hydroxylation sites is 1. The summed E-state index contributed by atoms with van der Waals surface area (Å²) in [6, 6.07) is 12.1. The number of benzene rings is 1. The highest BCUT2D eigenvalue weighted by Crippen LogP contribution is 2.18. The largest absolute Gasteiger partial charge is 0.350 e. The Morgan fingerprint density at radius 1 is 1.32 bits per heavy atom. The first-order valence-corrected chi connectivity index (χ1v) is 7.45. The van der Waals surface area contributed by atoms with Crippen molar-refractivity contribution in [3.8, 4) is 0 Å². The minimum absolute atomic E-state index is 0.0177. The summed E-state index contributed by atoms with van der Waals surface area (Å²) >= 11 is 0. The molecule has 0 saturated carbocycles. The molecule has 2 aromatic heterocycles. The van der Waals surface area contributed by atoms with E-state index in [1.165, 1.54) is 0 Å². The normalized spacial score (nSPS) is 12.5. The smallest absolute Gasteiger partial charge is 0.240 e. The van der Waals surface area contributed by atoms with Crippen molar-refractivity contribution < 1.29 is 4.79 Å². The fourth-order valence-corrected chi connectivity index (χ4v) is 2.76. The molecule has 0 aliphatic carbocycles. The van der Waals surface area contributed by atoms with Gasteiger partial charge in [-0.2, -0.15) is 5.10 Å². The molecule has 5 heteroatoms. The van der Waals surface area contributed by atoms with Crippen LogP contribution < -0.4 is 5.32 Å². The van der Waals surface area contributed by atoms with Gasteiger partial charge < -0.3 is 9.88 Å². The summed E-state index contributed by atoms with van der Waals surface area (Å²) in [6.45, 7) is 5.02. The third-order valence-corrected chi connectivity index (χ3v) is 3.75. The molecule has 22 heavy (non-hydrogen) atoms. The van der Waals surface area contributed by atoms with Crippen molar-refractivity contribution in [3.05, 3.63) is 54.5 Å². The van der Waals surface area contributed by atoms with E-state index in [1.54, 1.807) is 6.20 Å². The van der Waals surface area contributed by atoms with E-state index in [1.807, 2.05) is 53.6 Å². The lowest BCUT2D eigenvalue weighted by molar-refractivity contribution is -0.122. The van der Waals surface area contributed by atoms with Crippen molar-refractivity contribution in [2.45, 2.75) is 33.0 Å². The van der Waals surface area contributed by atoms with Crippen LogP contribution in [-0.2, 0) is 17.9 Å². The summed E-state index contributed by atoms with van der Waals surface area (Å²) in [6.07, 6.45) is 3.64. The van der Waals surface area contributed by atoms with Gasteiger partial charge >= 0.3 is 0 Å². The van der Waals surface area contributed by atoms with Crippen LogP contribution in [0.1, 0.15) is 12.6 Å². The number of carbonyl (C=O) groups is 1. The molecule has 0 spiro atoms. The number of aromatic nitrogens is 3. The van der Waals surface area contributed by atoms with E-state index in [4.69, 9.17) is 0 Å². The summed E-state index contributed by atoms with van der Waals surface area (Å²) in [5, 5.41) is 8.35. The third-order valence-electron chi connectivity index (χ3n) is 3.75. The van der Waals surface area contributed by atoms with E-state index in [0.717, 1.165) is 16.6 Å². The number of aryl methyl sites for hydroxylation is 1. The average Bonchev–Trinajstić information content (AvgIpc) is 3.08. The first-order chi connectivity index (χ1) is 10.6. The van der Waals surface area contributed by atoms with Gasteiger partial charge in [0, 0.05) is 29.6 Å². The molecule has 5 nitrogen and oxygen atoms in total. The maximum atomic E-state index is 12.3. The Hall–Kier alpha value is -2.56. The van der Waals surface area contributed by atoms with E-state index in [9.17, 15) is 4.79 Å². The summed E-state index contributed by atoms with van der Waals surface area (Å²) in [7, 11) is 0. The Bertz CT molecular complexity index is 773. The number of hydrogen-bond donors (Lipinski definition) is 1. The number of fused-ring (bicyclic) bond motifs is 1. The molecule has 0 radical (unpaired) electrons. The molecular weight excluding hydrogens is 276 g/mol. The van der Waals surface area contributed by atoms with E-state index in [-0.39, 0.29) is 11.9 Å². The van der Waals surface area contributed by atoms with E-state index in [0.29, 0.717) is 13.1 Å². The van der Waals surface area contributed by atoms with Crippen molar-refractivity contribution in [1.29, 1.82) is 0 Å². The van der Waals surface area contributed by atoms with Gasteiger partial charge in [0.05, 0.1) is 6.54 Å². The molecule has 114 valence electrons. The van der Waals surface area contributed by atoms with Gasteiger partial charge in [-0.1, -0.05) is 18.2 Å². The second-order valence-electron chi connectivity index (χ2n) is 5.63. The number of carbonyl (C=O) groups excluding carboxylic acids is 1. The number of hydrogen-bond acceptors (Lipinski definition) is 2. The second kappa shape index (κ2) is 6.05. The number of rotatable bonds is 5. The molecule has 1 N–H and O–H groups in total. The van der Waals surface area contributed by atoms with Gasteiger partial charge in [-0.05, 0) is 37.4 Å². The molecule has 3 aromatic rings. The molecule has 1 atom stereocenters. The molecule has 0 bridgehead atoms. The fourth-order valence-electron chi connectivity index (χ4n) is 2.76. The molecule has 1 amide bonds. The lowest BCUT2D eigenvalue weighted by Gasteiger charge is -2.15. The van der Waals surface area contributed by atoms with E-state index in [2.05, 4.69) is 22.5 Å². The quantitative estimate of drug-likeness (QED) is 0.786. The van der Waals surface area contributed by atoms with Gasteiger partial charge in [-0.15, -0.1) is 0 Å². The Morgan fingerprint density at radius 2 is 2.14 bits per heavy atom. The van der Waals surface area contributed by atoms with E-state index >= 15 is 0 Å². The van der Waals surface area contributed by atoms with Crippen molar-refractivity contribution in [1.82, 2.24) is 19.7 Å². The van der Waals surface area contributed by atoms with Gasteiger partial charge in [-0.3, -0.25) is 9.48 Å². The summed E-state index contributed by atoms with van der Waals surface area (Å²) < 4.78 is 3.87. The van der Waals surface area contributed by atoms with Gasteiger partial charge in [-0.25, -0.2) is 0 Å². The van der Waals surface area contributed by atoms with Gasteiger partial charge in [0.15, 0.2) is 0 Å². The third kappa shape index (κ3) is 3.03. The van der Waals surface area contributed by atoms with Crippen LogP contribution in [0.2, 0.25) is 0 Å². The molecular formula is C17H20N4O. The van der Waals surface area contributed by atoms with Crippen LogP contribution in [0.4, 0.5) is 0 Å². The van der Waals surface area contributed by atoms with Crippen LogP contribution in [-0.4, -0.2) is 26.3 Å². The highest BCUT2D eigenvalue weighted by atomic mass is 16.2. The highest BCUT2D eigenvalue weighted by Gasteiger charge is 2.12. The summed E-state index contributed by atoms with van der Waals surface area (Å²) in [5.74, 6) is 0.0177. The predicted octanol–water partition coefficient (Wildman–Crippen LogP) is 2.35. The molecule has 0 aliphatic heterocycles. The van der Waals surface area contributed by atoms with Gasteiger partial charge in [0.1, 0.15) is 6.54 Å². The first-order valence-electron chi connectivity index (χ1n) is 7.45. The Kier molecular flexibility index (Phi) is 3.96. The van der Waals surface area contributed by atoms with Crippen LogP contribution in [0.25, 0.3) is 10.9 Å². The maximum Gasteiger partial charge on any atom is 0.240 e. The molecule has 3 rings (SSSR count). The first kappa shape index (κ1) is 14.4. The number of amides is 1. The monoisotopic (exact) mass is 296 g/mol. The predicted molar refractivity (Wildman–Crippen MR) is 86.5 cm³/mol. The maximum absolute atomic E-state index is 12.3. The van der Waals surface area contributed by atoms with Crippen LogP contribution in [0, 0.1) is 6.92 Å². The topological polar surface area (TPSA) is 51.9 Å². The summed E-state index contributed by atoms with van der Waals surface area (Å²) in [4.78, 5) is 12.3. The second-order valence-corrected chi connectivity index (χ2v) is 5.63. The van der Waals surface area contributed by atoms with Crippen molar-refractivity contribution >= 4 is 16.8 Å². The zero-order chi connectivity index (χ0) is 15.5. The number of nitrogens with one attached hydrogen (secondary N) is 1.